The Balaban J connectivity index is 1.62. The minimum absolute atomic E-state index is 0.0846. The average Bonchev–Trinajstić information content (AvgIpc) is 2.83. The highest BCUT2D eigenvalue weighted by atomic mass is 16.5. The van der Waals surface area contributed by atoms with E-state index in [2.05, 4.69) is 5.32 Å². The summed E-state index contributed by atoms with van der Waals surface area (Å²) in [6.07, 6.45) is 1.16. The van der Waals surface area contributed by atoms with E-state index in [9.17, 15) is 9.59 Å². The summed E-state index contributed by atoms with van der Waals surface area (Å²) in [5, 5.41) is 2.93. The number of anilines is 1. The number of ether oxygens (including phenoxy) is 4. The van der Waals surface area contributed by atoms with E-state index in [1.54, 1.807) is 69.7 Å². The van der Waals surface area contributed by atoms with E-state index >= 15 is 0 Å². The minimum atomic E-state index is -0.185. The predicted molar refractivity (Wildman–Crippen MR) is 116 cm³/mol. The summed E-state index contributed by atoms with van der Waals surface area (Å²) in [4.78, 5) is 27.5. The smallest absolute Gasteiger partial charge is 0.254 e. The number of amides is 2. The monoisotopic (exact) mass is 428 g/mol. The Hall–Kier alpha value is -3.42. The number of carbonyl (C=O) groups is 2. The van der Waals surface area contributed by atoms with Crippen LogP contribution in [0.15, 0.2) is 36.4 Å². The van der Waals surface area contributed by atoms with Crippen molar-refractivity contribution in [2.75, 3.05) is 46.8 Å². The van der Waals surface area contributed by atoms with Crippen LogP contribution in [-0.4, -0.2) is 58.2 Å². The number of methoxy groups -OCH3 is 4. The minimum Gasteiger partial charge on any atom is -0.497 e. The zero-order valence-electron chi connectivity index (χ0n) is 18.3. The first-order valence-corrected chi connectivity index (χ1v) is 10.0. The molecule has 8 nitrogen and oxygen atoms in total. The molecule has 1 aliphatic heterocycles. The molecule has 0 atom stereocenters. The molecule has 2 aromatic rings. The lowest BCUT2D eigenvalue weighted by Crippen LogP contribution is -2.41. The number of hydrogen-bond acceptors (Lipinski definition) is 6. The topological polar surface area (TPSA) is 86.3 Å². The number of likely N-dealkylation sites (tertiary alicyclic amines) is 1. The zero-order valence-corrected chi connectivity index (χ0v) is 18.3. The SMILES string of the molecule is COc1cc(OC)cc(C(=O)N2CCC(C(=O)Nc3ccc(OC)cc3OC)CC2)c1. The van der Waals surface area contributed by atoms with Crippen molar-refractivity contribution in [3.8, 4) is 23.0 Å². The van der Waals surface area contributed by atoms with Crippen molar-refractivity contribution in [3.63, 3.8) is 0 Å². The first-order valence-electron chi connectivity index (χ1n) is 10.0. The predicted octanol–water partition coefficient (Wildman–Crippen LogP) is 3.21. The zero-order chi connectivity index (χ0) is 22.4. The molecule has 1 N–H and O–H groups in total. The van der Waals surface area contributed by atoms with Crippen LogP contribution in [0.4, 0.5) is 5.69 Å². The molecule has 3 rings (SSSR count). The lowest BCUT2D eigenvalue weighted by molar-refractivity contribution is -0.121. The third-order valence-corrected chi connectivity index (χ3v) is 5.42. The van der Waals surface area contributed by atoms with Gasteiger partial charge in [0.1, 0.15) is 23.0 Å². The first kappa shape index (κ1) is 22.3. The van der Waals surface area contributed by atoms with Crippen LogP contribution in [0.5, 0.6) is 23.0 Å². The molecule has 31 heavy (non-hydrogen) atoms. The highest BCUT2D eigenvalue weighted by molar-refractivity contribution is 5.96. The number of nitrogens with zero attached hydrogens (tertiary/aromatic N) is 1. The van der Waals surface area contributed by atoms with Gasteiger partial charge in [0.15, 0.2) is 0 Å². The van der Waals surface area contributed by atoms with Crippen molar-refractivity contribution in [1.29, 1.82) is 0 Å². The summed E-state index contributed by atoms with van der Waals surface area (Å²) < 4.78 is 21.0. The molecule has 0 unspecified atom stereocenters. The second-order valence-corrected chi connectivity index (χ2v) is 7.22. The van der Waals surface area contributed by atoms with Crippen LogP contribution in [0.2, 0.25) is 0 Å². The van der Waals surface area contributed by atoms with Crippen molar-refractivity contribution >= 4 is 17.5 Å². The molecule has 2 aromatic carbocycles. The summed E-state index contributed by atoms with van der Waals surface area (Å²) >= 11 is 0. The Kier molecular flexibility index (Phi) is 7.23. The number of nitrogens with one attached hydrogen (secondary N) is 1. The Bertz CT molecular complexity index is 915. The first-order chi connectivity index (χ1) is 15.0. The van der Waals surface area contributed by atoms with E-state index in [1.807, 2.05) is 0 Å². The van der Waals surface area contributed by atoms with Gasteiger partial charge in [-0.05, 0) is 37.1 Å². The second-order valence-electron chi connectivity index (χ2n) is 7.22. The van der Waals surface area contributed by atoms with E-state index < -0.39 is 0 Å². The van der Waals surface area contributed by atoms with Gasteiger partial charge >= 0.3 is 0 Å². The van der Waals surface area contributed by atoms with Crippen LogP contribution in [0.25, 0.3) is 0 Å². The average molecular weight is 428 g/mol. The van der Waals surface area contributed by atoms with Crippen molar-refractivity contribution in [2.45, 2.75) is 12.8 Å². The molecule has 1 aliphatic rings. The fourth-order valence-corrected chi connectivity index (χ4v) is 3.59. The fraction of sp³-hybridized carbons (Fsp3) is 0.391. The summed E-state index contributed by atoms with van der Waals surface area (Å²) in [7, 11) is 6.21. The maximum atomic E-state index is 12.9. The van der Waals surface area contributed by atoms with Crippen molar-refractivity contribution < 1.29 is 28.5 Å². The van der Waals surface area contributed by atoms with Gasteiger partial charge in [0.05, 0.1) is 34.1 Å². The molecule has 0 aliphatic carbocycles. The van der Waals surface area contributed by atoms with Gasteiger partial charge in [-0.25, -0.2) is 0 Å². The molecular formula is C23H28N2O6. The maximum Gasteiger partial charge on any atom is 0.254 e. The molecule has 0 aromatic heterocycles. The fourth-order valence-electron chi connectivity index (χ4n) is 3.59. The lowest BCUT2D eigenvalue weighted by atomic mass is 9.95. The lowest BCUT2D eigenvalue weighted by Gasteiger charge is -2.31. The van der Waals surface area contributed by atoms with Gasteiger partial charge in [0.25, 0.3) is 5.91 Å². The Morgan fingerprint density at radius 2 is 1.45 bits per heavy atom. The molecule has 166 valence electrons. The summed E-state index contributed by atoms with van der Waals surface area (Å²) in [5.74, 6) is 1.93. The summed E-state index contributed by atoms with van der Waals surface area (Å²) in [6.45, 7) is 0.992. The highest BCUT2D eigenvalue weighted by Gasteiger charge is 2.28. The molecule has 2 amide bonds. The molecule has 1 saturated heterocycles. The number of hydrogen-bond donors (Lipinski definition) is 1. The molecule has 1 heterocycles. The van der Waals surface area contributed by atoms with Crippen LogP contribution in [0.1, 0.15) is 23.2 Å². The van der Waals surface area contributed by atoms with Crippen LogP contribution in [0, 0.1) is 5.92 Å². The number of rotatable bonds is 7. The largest absolute Gasteiger partial charge is 0.497 e. The molecule has 0 bridgehead atoms. The van der Waals surface area contributed by atoms with Gasteiger partial charge in [0, 0.05) is 36.7 Å². The van der Waals surface area contributed by atoms with E-state index in [1.165, 1.54) is 0 Å². The van der Waals surface area contributed by atoms with Crippen molar-refractivity contribution in [1.82, 2.24) is 4.90 Å². The number of carbonyl (C=O) groups excluding carboxylic acids is 2. The van der Waals surface area contributed by atoms with E-state index in [0.29, 0.717) is 60.2 Å². The van der Waals surface area contributed by atoms with Crippen molar-refractivity contribution in [3.05, 3.63) is 42.0 Å². The van der Waals surface area contributed by atoms with E-state index in [-0.39, 0.29) is 17.7 Å². The van der Waals surface area contributed by atoms with Gasteiger partial charge in [-0.2, -0.15) is 0 Å². The third-order valence-electron chi connectivity index (χ3n) is 5.42. The molecule has 0 saturated carbocycles. The highest BCUT2D eigenvalue weighted by Crippen LogP contribution is 2.31. The van der Waals surface area contributed by atoms with Gasteiger partial charge < -0.3 is 29.2 Å². The Morgan fingerprint density at radius 3 is 2.00 bits per heavy atom. The Labute approximate surface area is 182 Å². The number of piperidine rings is 1. The van der Waals surface area contributed by atoms with Gasteiger partial charge in [-0.3, -0.25) is 9.59 Å². The molecule has 8 heteroatoms. The van der Waals surface area contributed by atoms with Gasteiger partial charge in [-0.15, -0.1) is 0 Å². The van der Waals surface area contributed by atoms with Crippen LogP contribution in [-0.2, 0) is 4.79 Å². The third kappa shape index (κ3) is 5.20. The summed E-state index contributed by atoms with van der Waals surface area (Å²) in [6, 6.07) is 10.4. The normalized spacial score (nSPS) is 14.0. The van der Waals surface area contributed by atoms with Crippen LogP contribution >= 0.6 is 0 Å². The molecular weight excluding hydrogens is 400 g/mol. The van der Waals surface area contributed by atoms with Crippen LogP contribution in [0.3, 0.4) is 0 Å². The standard InChI is InChI=1S/C23H28N2O6/c1-28-17-5-6-20(21(14-17)31-4)24-22(26)15-7-9-25(10-8-15)23(27)16-11-18(29-2)13-19(12-16)30-3/h5-6,11-15H,7-10H2,1-4H3,(H,24,26). The summed E-state index contributed by atoms with van der Waals surface area (Å²) in [5.41, 5.74) is 1.09. The molecule has 1 fully saturated rings. The number of benzene rings is 2. The molecule has 0 radical (unpaired) electrons. The quantitative estimate of drug-likeness (QED) is 0.729. The van der Waals surface area contributed by atoms with E-state index in [0.717, 1.165) is 0 Å². The van der Waals surface area contributed by atoms with Crippen LogP contribution < -0.4 is 24.3 Å². The van der Waals surface area contributed by atoms with E-state index in [4.69, 9.17) is 18.9 Å². The van der Waals surface area contributed by atoms with Gasteiger partial charge in [-0.1, -0.05) is 0 Å². The van der Waals surface area contributed by atoms with Crippen molar-refractivity contribution in [2.24, 2.45) is 5.92 Å². The maximum absolute atomic E-state index is 12.9. The second kappa shape index (κ2) is 10.1. The Morgan fingerprint density at radius 1 is 0.839 bits per heavy atom. The molecule has 0 spiro atoms. The van der Waals surface area contributed by atoms with Gasteiger partial charge in [0.2, 0.25) is 5.91 Å².